The van der Waals surface area contributed by atoms with Crippen molar-refractivity contribution in [1.29, 1.82) is 0 Å². The molecule has 0 spiro atoms. The number of fused-ring (bicyclic) bond motifs is 1. The third kappa shape index (κ3) is 4.00. The second-order valence-electron chi connectivity index (χ2n) is 6.78. The Labute approximate surface area is 163 Å². The summed E-state index contributed by atoms with van der Waals surface area (Å²) in [6.45, 7) is 3.44. The van der Waals surface area contributed by atoms with E-state index in [-0.39, 0.29) is 22.1 Å². The lowest BCUT2D eigenvalue weighted by Gasteiger charge is -2.13. The smallest absolute Gasteiger partial charge is 0.337 e. The highest BCUT2D eigenvalue weighted by Gasteiger charge is 2.27. The van der Waals surface area contributed by atoms with Crippen LogP contribution in [0.1, 0.15) is 32.3 Å². The van der Waals surface area contributed by atoms with Crippen LogP contribution in [0, 0.1) is 0 Å². The van der Waals surface area contributed by atoms with E-state index in [0.717, 1.165) is 0 Å². The quantitative estimate of drug-likeness (QED) is 0.538. The molecule has 28 heavy (non-hydrogen) atoms. The van der Waals surface area contributed by atoms with E-state index in [1.165, 1.54) is 30.5 Å². The summed E-state index contributed by atoms with van der Waals surface area (Å²) in [6.07, 6.45) is 5.91. The molecule has 1 heterocycles. The fourth-order valence-corrected chi connectivity index (χ4v) is 4.31. The van der Waals surface area contributed by atoms with Gasteiger partial charge in [-0.15, -0.1) is 0 Å². The van der Waals surface area contributed by atoms with Gasteiger partial charge in [0.1, 0.15) is 0 Å². The number of carboxylic acids is 1. The second-order valence-corrected chi connectivity index (χ2v) is 8.49. The molecule has 1 aliphatic heterocycles. The summed E-state index contributed by atoms with van der Waals surface area (Å²) in [5.41, 5.74) is 1.81. The van der Waals surface area contributed by atoms with Gasteiger partial charge >= 0.3 is 5.97 Å². The number of carboxylic acid groups (broad SMARTS) is 1. The molecule has 1 aliphatic carbocycles. The number of allylic oxidation sites excluding steroid dienone is 2. The number of hydrogen-bond donors (Lipinski definition) is 4. The summed E-state index contributed by atoms with van der Waals surface area (Å²) in [7, 11) is -3.71. The maximum atomic E-state index is 12.4. The lowest BCUT2D eigenvalue weighted by molar-refractivity contribution is -0.132. The Kier molecular flexibility index (Phi) is 5.39. The number of aliphatic carboxylic acids is 1. The number of anilines is 1. The SMILES string of the molecule is CC(C)NS(=O)(=O)c1ccc2c(c1)/C(=C/NC1=C(C(=O)O)C=CCC1)C(=O)N2. The first-order chi connectivity index (χ1) is 13.2. The average molecular weight is 403 g/mol. The zero-order chi connectivity index (χ0) is 20.5. The Balaban J connectivity index is 1.96. The molecular weight excluding hydrogens is 382 g/mol. The number of amides is 1. The molecule has 1 aromatic carbocycles. The minimum Gasteiger partial charge on any atom is -0.478 e. The average Bonchev–Trinajstić information content (AvgIpc) is 2.93. The molecule has 0 saturated heterocycles. The Morgan fingerprint density at radius 2 is 2.07 bits per heavy atom. The van der Waals surface area contributed by atoms with E-state index in [1.807, 2.05) is 0 Å². The van der Waals surface area contributed by atoms with Crippen LogP contribution in [-0.4, -0.2) is 31.4 Å². The van der Waals surface area contributed by atoms with E-state index in [2.05, 4.69) is 15.4 Å². The van der Waals surface area contributed by atoms with Gasteiger partial charge < -0.3 is 15.7 Å². The molecule has 148 valence electrons. The first-order valence-corrected chi connectivity index (χ1v) is 10.2. The molecule has 0 radical (unpaired) electrons. The van der Waals surface area contributed by atoms with Gasteiger partial charge in [0.05, 0.1) is 16.0 Å². The van der Waals surface area contributed by atoms with Crippen molar-refractivity contribution in [3.63, 3.8) is 0 Å². The van der Waals surface area contributed by atoms with Crippen LogP contribution in [0.3, 0.4) is 0 Å². The van der Waals surface area contributed by atoms with Crippen molar-refractivity contribution in [2.45, 2.75) is 37.6 Å². The molecule has 0 unspecified atom stereocenters. The van der Waals surface area contributed by atoms with Crippen molar-refractivity contribution in [2.75, 3.05) is 5.32 Å². The molecule has 0 aromatic heterocycles. The largest absolute Gasteiger partial charge is 0.478 e. The number of carbonyl (C=O) groups excluding carboxylic acids is 1. The van der Waals surface area contributed by atoms with E-state index >= 15 is 0 Å². The van der Waals surface area contributed by atoms with Crippen molar-refractivity contribution in [3.8, 4) is 0 Å². The van der Waals surface area contributed by atoms with Crippen LogP contribution in [0.4, 0.5) is 5.69 Å². The fourth-order valence-electron chi connectivity index (χ4n) is 3.03. The van der Waals surface area contributed by atoms with Crippen LogP contribution in [0.15, 0.2) is 52.7 Å². The van der Waals surface area contributed by atoms with Gasteiger partial charge in [0, 0.05) is 29.2 Å². The number of hydrogen-bond acceptors (Lipinski definition) is 5. The van der Waals surface area contributed by atoms with Crippen LogP contribution in [0.25, 0.3) is 5.57 Å². The van der Waals surface area contributed by atoms with E-state index in [0.29, 0.717) is 29.8 Å². The van der Waals surface area contributed by atoms with Gasteiger partial charge in [-0.05, 0) is 51.0 Å². The first-order valence-electron chi connectivity index (χ1n) is 8.77. The molecule has 9 heteroatoms. The first kappa shape index (κ1) is 19.8. The molecule has 4 N–H and O–H groups in total. The monoisotopic (exact) mass is 403 g/mol. The number of nitrogens with one attached hydrogen (secondary N) is 3. The molecule has 0 fully saturated rings. The molecule has 3 rings (SSSR count). The van der Waals surface area contributed by atoms with Gasteiger partial charge in [0.25, 0.3) is 5.91 Å². The Morgan fingerprint density at radius 1 is 1.32 bits per heavy atom. The molecule has 2 aliphatic rings. The molecule has 0 saturated carbocycles. The predicted molar refractivity (Wildman–Crippen MR) is 105 cm³/mol. The van der Waals surface area contributed by atoms with Crippen LogP contribution >= 0.6 is 0 Å². The van der Waals surface area contributed by atoms with Gasteiger partial charge in [-0.3, -0.25) is 4.79 Å². The van der Waals surface area contributed by atoms with E-state index in [4.69, 9.17) is 0 Å². The van der Waals surface area contributed by atoms with Crippen molar-refractivity contribution in [1.82, 2.24) is 10.0 Å². The summed E-state index contributed by atoms with van der Waals surface area (Å²) >= 11 is 0. The van der Waals surface area contributed by atoms with E-state index in [1.54, 1.807) is 19.9 Å². The number of benzene rings is 1. The van der Waals surface area contributed by atoms with Crippen molar-refractivity contribution in [2.24, 2.45) is 0 Å². The molecule has 1 amide bonds. The van der Waals surface area contributed by atoms with E-state index < -0.39 is 21.9 Å². The van der Waals surface area contributed by atoms with Crippen LogP contribution in [0.2, 0.25) is 0 Å². The number of carbonyl (C=O) groups is 2. The summed E-state index contributed by atoms with van der Waals surface area (Å²) in [4.78, 5) is 23.7. The van der Waals surface area contributed by atoms with Gasteiger partial charge in [-0.2, -0.15) is 0 Å². The van der Waals surface area contributed by atoms with Gasteiger partial charge in [0.15, 0.2) is 0 Å². The highest BCUT2D eigenvalue weighted by Crippen LogP contribution is 2.33. The van der Waals surface area contributed by atoms with Gasteiger partial charge in [-0.25, -0.2) is 17.9 Å². The lowest BCUT2D eigenvalue weighted by atomic mass is 10.0. The van der Waals surface area contributed by atoms with Crippen LogP contribution < -0.4 is 15.4 Å². The normalized spacial score (nSPS) is 17.8. The van der Waals surface area contributed by atoms with E-state index in [9.17, 15) is 23.1 Å². The Morgan fingerprint density at radius 3 is 2.75 bits per heavy atom. The summed E-state index contributed by atoms with van der Waals surface area (Å²) in [5.74, 6) is -1.45. The lowest BCUT2D eigenvalue weighted by Crippen LogP contribution is -2.30. The third-order valence-electron chi connectivity index (χ3n) is 4.27. The molecular formula is C19H21N3O5S. The molecule has 0 bridgehead atoms. The standard InChI is InChI=1S/C19H21N3O5S/c1-11(2)22-28(26,27)12-7-8-17-14(9-12)15(18(23)21-17)10-20-16-6-4-3-5-13(16)19(24)25/h3,5,7-11,20,22H,4,6H2,1-2H3,(H,21,23)(H,24,25)/b15-10-. The Hall–Kier alpha value is -2.91. The zero-order valence-corrected chi connectivity index (χ0v) is 16.3. The minimum atomic E-state index is -3.71. The molecule has 1 aromatic rings. The topological polar surface area (TPSA) is 125 Å². The van der Waals surface area contributed by atoms with Gasteiger partial charge in [0.2, 0.25) is 10.0 Å². The maximum absolute atomic E-state index is 12.4. The summed E-state index contributed by atoms with van der Waals surface area (Å²) in [5, 5.41) is 14.9. The van der Waals surface area contributed by atoms with Crippen molar-refractivity contribution >= 4 is 33.2 Å². The number of rotatable bonds is 6. The van der Waals surface area contributed by atoms with Crippen molar-refractivity contribution in [3.05, 3.63) is 53.4 Å². The third-order valence-corrected chi connectivity index (χ3v) is 5.92. The predicted octanol–water partition coefficient (Wildman–Crippen LogP) is 1.94. The summed E-state index contributed by atoms with van der Waals surface area (Å²) < 4.78 is 27.3. The Bertz CT molecular complexity index is 1040. The zero-order valence-electron chi connectivity index (χ0n) is 15.4. The van der Waals surface area contributed by atoms with Crippen molar-refractivity contribution < 1.29 is 23.1 Å². The maximum Gasteiger partial charge on any atom is 0.337 e. The van der Waals surface area contributed by atoms with Gasteiger partial charge in [-0.1, -0.05) is 6.08 Å². The highest BCUT2D eigenvalue weighted by molar-refractivity contribution is 7.89. The molecule has 0 atom stereocenters. The summed E-state index contributed by atoms with van der Waals surface area (Å²) in [6, 6.07) is 4.12. The highest BCUT2D eigenvalue weighted by atomic mass is 32.2. The second kappa shape index (κ2) is 7.61. The van der Waals surface area contributed by atoms with Crippen LogP contribution in [0.5, 0.6) is 0 Å². The fraction of sp³-hybridized carbons (Fsp3) is 0.263. The molecule has 8 nitrogen and oxygen atoms in total. The minimum absolute atomic E-state index is 0.0494. The number of sulfonamides is 1. The van der Waals surface area contributed by atoms with Crippen LogP contribution in [-0.2, 0) is 19.6 Å².